The molecule has 8 heteroatoms. The van der Waals surface area contributed by atoms with Crippen LogP contribution in [0.1, 0.15) is 39.6 Å². The maximum Gasteiger partial charge on any atom is 0.315 e. The minimum atomic E-state index is -0.193. The summed E-state index contributed by atoms with van der Waals surface area (Å²) in [6.45, 7) is 10.6. The van der Waals surface area contributed by atoms with Gasteiger partial charge in [0, 0.05) is 32.7 Å². The molecular weight excluding hydrogens is 296 g/mol. The molecule has 4 atom stereocenters. The van der Waals surface area contributed by atoms with Gasteiger partial charge in [0.25, 0.3) is 0 Å². The van der Waals surface area contributed by atoms with Crippen LogP contribution in [0.5, 0.6) is 0 Å². The van der Waals surface area contributed by atoms with Crippen molar-refractivity contribution in [3.63, 3.8) is 0 Å². The third-order valence-corrected chi connectivity index (χ3v) is 4.11. The summed E-state index contributed by atoms with van der Waals surface area (Å²) in [4.78, 5) is 14.4. The summed E-state index contributed by atoms with van der Waals surface area (Å²) >= 11 is 0. The van der Waals surface area contributed by atoms with Crippen LogP contribution >= 0.6 is 0 Å². The number of morpholine rings is 1. The number of urea groups is 1. The van der Waals surface area contributed by atoms with Crippen molar-refractivity contribution in [2.75, 3.05) is 19.6 Å². The normalized spacial score (nSPS) is 24.9. The first kappa shape index (κ1) is 17.7. The molecule has 2 amide bonds. The highest BCUT2D eigenvalue weighted by Crippen LogP contribution is 2.13. The van der Waals surface area contributed by atoms with Gasteiger partial charge in [-0.1, -0.05) is 0 Å². The summed E-state index contributed by atoms with van der Waals surface area (Å²) in [6, 6.07) is -0.123. The average Bonchev–Trinajstić information content (AvgIpc) is 2.90. The minimum Gasteiger partial charge on any atom is -0.373 e. The number of nitrogens with one attached hydrogen (secondary N) is 2. The van der Waals surface area contributed by atoms with E-state index in [1.807, 2.05) is 14.0 Å². The van der Waals surface area contributed by atoms with Gasteiger partial charge in [-0.2, -0.15) is 0 Å². The predicted molar refractivity (Wildman–Crippen MR) is 87.0 cm³/mol. The maximum absolute atomic E-state index is 12.1. The van der Waals surface area contributed by atoms with E-state index in [0.29, 0.717) is 6.54 Å². The fraction of sp³-hybridized carbons (Fsp3) is 0.800. The lowest BCUT2D eigenvalue weighted by Crippen LogP contribution is -2.53. The second kappa shape index (κ2) is 7.74. The Morgan fingerprint density at radius 2 is 2.04 bits per heavy atom. The third kappa shape index (κ3) is 4.90. The smallest absolute Gasteiger partial charge is 0.315 e. The van der Waals surface area contributed by atoms with Crippen molar-refractivity contribution in [1.82, 2.24) is 30.3 Å². The zero-order valence-electron chi connectivity index (χ0n) is 14.6. The second-order valence-electron chi connectivity index (χ2n) is 6.44. The lowest BCUT2D eigenvalue weighted by Gasteiger charge is -2.39. The van der Waals surface area contributed by atoms with Crippen molar-refractivity contribution in [3.05, 3.63) is 12.2 Å². The van der Waals surface area contributed by atoms with Crippen LogP contribution in [0.2, 0.25) is 0 Å². The van der Waals surface area contributed by atoms with Gasteiger partial charge in [-0.05, 0) is 27.7 Å². The summed E-state index contributed by atoms with van der Waals surface area (Å²) < 4.78 is 7.54. The molecule has 0 unspecified atom stereocenters. The van der Waals surface area contributed by atoms with Gasteiger partial charge in [0.15, 0.2) is 5.82 Å². The predicted octanol–water partition coefficient (Wildman–Crippen LogP) is 0.673. The van der Waals surface area contributed by atoms with Crippen LogP contribution in [0.3, 0.4) is 0 Å². The standard InChI is InChI=1S/C15H28N6O2/c1-10(21-7-11(2)23-12(3)8-21)6-16-15(22)18-13(4)14-19-17-9-20(14)5/h9-13H,6-8H2,1-5H3,(H2,16,18,22)/t10-,11-,12-,13+/m1/s1. The van der Waals surface area contributed by atoms with Gasteiger partial charge in [-0.3, -0.25) is 4.90 Å². The van der Waals surface area contributed by atoms with Crippen LogP contribution in [0.25, 0.3) is 0 Å². The van der Waals surface area contributed by atoms with Crippen LogP contribution in [-0.2, 0) is 11.8 Å². The van der Waals surface area contributed by atoms with E-state index in [4.69, 9.17) is 4.74 Å². The van der Waals surface area contributed by atoms with Crippen LogP contribution in [-0.4, -0.2) is 63.6 Å². The number of carbonyl (C=O) groups is 1. The highest BCUT2D eigenvalue weighted by atomic mass is 16.5. The molecule has 130 valence electrons. The third-order valence-electron chi connectivity index (χ3n) is 4.11. The monoisotopic (exact) mass is 324 g/mol. The van der Waals surface area contributed by atoms with E-state index in [9.17, 15) is 4.79 Å². The molecule has 0 aliphatic carbocycles. The Hall–Kier alpha value is -1.67. The first-order valence-corrected chi connectivity index (χ1v) is 8.14. The fourth-order valence-corrected chi connectivity index (χ4v) is 2.94. The van der Waals surface area contributed by atoms with Crippen molar-refractivity contribution in [2.45, 2.75) is 52.0 Å². The lowest BCUT2D eigenvalue weighted by molar-refractivity contribution is -0.0778. The molecule has 1 aliphatic rings. The van der Waals surface area contributed by atoms with E-state index in [1.165, 1.54) is 0 Å². The van der Waals surface area contributed by atoms with Gasteiger partial charge in [-0.25, -0.2) is 4.79 Å². The first-order chi connectivity index (χ1) is 10.9. The van der Waals surface area contributed by atoms with Gasteiger partial charge in [0.1, 0.15) is 6.33 Å². The molecule has 2 heterocycles. The highest BCUT2D eigenvalue weighted by Gasteiger charge is 2.26. The van der Waals surface area contributed by atoms with Crippen molar-refractivity contribution < 1.29 is 9.53 Å². The van der Waals surface area contributed by atoms with Crippen LogP contribution in [0.4, 0.5) is 4.79 Å². The number of amides is 2. The lowest BCUT2D eigenvalue weighted by atomic mass is 10.2. The van der Waals surface area contributed by atoms with Gasteiger partial charge < -0.3 is 19.9 Å². The molecule has 8 nitrogen and oxygen atoms in total. The SMILES string of the molecule is C[C@@H]1CN([C@H](C)CNC(=O)N[C@@H](C)c2nncn2C)C[C@@H](C)O1. The zero-order chi connectivity index (χ0) is 17.0. The van der Waals surface area contributed by atoms with Crippen molar-refractivity contribution in [1.29, 1.82) is 0 Å². The Kier molecular flexibility index (Phi) is 5.95. The summed E-state index contributed by atoms with van der Waals surface area (Å²) in [7, 11) is 1.86. The summed E-state index contributed by atoms with van der Waals surface area (Å²) in [5.74, 6) is 0.726. The molecule has 1 aromatic rings. The number of hydrogen-bond acceptors (Lipinski definition) is 5. The number of ether oxygens (including phenoxy) is 1. The molecule has 2 rings (SSSR count). The van der Waals surface area contributed by atoms with Gasteiger partial charge in [-0.15, -0.1) is 10.2 Å². The van der Waals surface area contributed by atoms with E-state index < -0.39 is 0 Å². The Morgan fingerprint density at radius 1 is 1.39 bits per heavy atom. The van der Waals surface area contributed by atoms with Crippen molar-refractivity contribution in [2.24, 2.45) is 7.05 Å². The number of nitrogens with zero attached hydrogens (tertiary/aromatic N) is 4. The number of aryl methyl sites for hydroxylation is 1. The average molecular weight is 324 g/mol. The molecule has 1 aliphatic heterocycles. The van der Waals surface area contributed by atoms with Crippen LogP contribution in [0.15, 0.2) is 6.33 Å². The molecule has 23 heavy (non-hydrogen) atoms. The van der Waals surface area contributed by atoms with Gasteiger partial charge in [0.2, 0.25) is 0 Å². The number of hydrogen-bond donors (Lipinski definition) is 2. The zero-order valence-corrected chi connectivity index (χ0v) is 14.6. The fourth-order valence-electron chi connectivity index (χ4n) is 2.94. The molecule has 2 N–H and O–H groups in total. The molecule has 0 radical (unpaired) electrons. The van der Waals surface area contributed by atoms with Crippen LogP contribution in [0, 0.1) is 0 Å². The maximum atomic E-state index is 12.1. The molecular formula is C15H28N6O2. The molecule has 0 aromatic carbocycles. The topological polar surface area (TPSA) is 84.3 Å². The highest BCUT2D eigenvalue weighted by molar-refractivity contribution is 5.74. The number of rotatable bonds is 5. The molecule has 1 aromatic heterocycles. The Balaban J connectivity index is 1.76. The van der Waals surface area contributed by atoms with Gasteiger partial charge >= 0.3 is 6.03 Å². The largest absolute Gasteiger partial charge is 0.373 e. The summed E-state index contributed by atoms with van der Waals surface area (Å²) in [6.07, 6.45) is 2.07. The summed E-state index contributed by atoms with van der Waals surface area (Å²) in [5.41, 5.74) is 0. The second-order valence-corrected chi connectivity index (χ2v) is 6.44. The molecule has 0 spiro atoms. The van der Waals surface area contributed by atoms with E-state index in [2.05, 4.69) is 46.5 Å². The number of carbonyl (C=O) groups excluding carboxylic acids is 1. The van der Waals surface area contributed by atoms with E-state index >= 15 is 0 Å². The van der Waals surface area contributed by atoms with Crippen molar-refractivity contribution in [3.8, 4) is 0 Å². The van der Waals surface area contributed by atoms with Gasteiger partial charge in [0.05, 0.1) is 18.2 Å². The molecule has 1 saturated heterocycles. The molecule has 0 bridgehead atoms. The van der Waals surface area contributed by atoms with E-state index in [0.717, 1.165) is 18.9 Å². The van der Waals surface area contributed by atoms with Crippen molar-refractivity contribution >= 4 is 6.03 Å². The molecule has 0 saturated carbocycles. The Bertz CT molecular complexity index is 510. The Labute approximate surface area is 137 Å². The van der Waals surface area contributed by atoms with E-state index in [1.54, 1.807) is 10.9 Å². The van der Waals surface area contributed by atoms with Crippen LogP contribution < -0.4 is 10.6 Å². The quantitative estimate of drug-likeness (QED) is 0.832. The minimum absolute atomic E-state index is 0.193. The van der Waals surface area contributed by atoms with E-state index in [-0.39, 0.29) is 30.3 Å². The first-order valence-electron chi connectivity index (χ1n) is 8.14. The summed E-state index contributed by atoms with van der Waals surface area (Å²) in [5, 5.41) is 13.6. The molecule has 1 fully saturated rings. The number of aromatic nitrogens is 3. The Morgan fingerprint density at radius 3 is 2.61 bits per heavy atom.